The summed E-state index contributed by atoms with van der Waals surface area (Å²) >= 11 is 0. The molecule has 3 N–H and O–H groups in total. The number of rotatable bonds is 2. The van der Waals surface area contributed by atoms with Gasteiger partial charge in [-0.3, -0.25) is 14.9 Å². The van der Waals surface area contributed by atoms with Gasteiger partial charge in [0.05, 0.1) is 4.92 Å². The molecule has 0 aliphatic rings. The van der Waals surface area contributed by atoms with Gasteiger partial charge in [-0.15, -0.1) is 5.11 Å². The molecule has 0 saturated carbocycles. The second kappa shape index (κ2) is 5.02. The largest absolute Gasteiger partial charge is 0.507 e. The minimum Gasteiger partial charge on any atom is -0.507 e. The average molecular weight is 311 g/mol. The van der Waals surface area contributed by atoms with Gasteiger partial charge in [0, 0.05) is 16.2 Å². The predicted octanol–water partition coefficient (Wildman–Crippen LogP) is 3.48. The topological polar surface area (TPSA) is 137 Å². The van der Waals surface area contributed by atoms with Gasteiger partial charge in [0.2, 0.25) is 0 Å². The smallest absolute Gasteiger partial charge is 0.301 e. The van der Waals surface area contributed by atoms with Crippen molar-refractivity contribution < 1.29 is 19.9 Å². The van der Waals surface area contributed by atoms with E-state index < -0.39 is 27.8 Å². The van der Waals surface area contributed by atoms with Crippen LogP contribution < -0.4 is 0 Å². The first kappa shape index (κ1) is 14.4. The van der Waals surface area contributed by atoms with Crippen LogP contribution in [0, 0.1) is 15.6 Å². The Balaban J connectivity index is 2.62. The third-order valence-corrected chi connectivity index (χ3v) is 3.62. The first-order valence-electron chi connectivity index (χ1n) is 6.43. The SMILES string of the molecule is N=NC(=O)c1ccc2c(O)c3ccccc3c(O)c2c1[N+](=O)[O-]. The predicted molar refractivity (Wildman–Crippen MR) is 80.9 cm³/mol. The number of carbonyl (C=O) groups excluding carboxylic acids is 1. The number of nitrogens with one attached hydrogen (secondary N) is 1. The lowest BCUT2D eigenvalue weighted by Gasteiger charge is -2.11. The van der Waals surface area contributed by atoms with E-state index in [9.17, 15) is 25.1 Å². The van der Waals surface area contributed by atoms with Crippen LogP contribution in [0.4, 0.5) is 5.69 Å². The number of fused-ring (bicyclic) bond motifs is 2. The summed E-state index contributed by atoms with van der Waals surface area (Å²) in [6.07, 6.45) is 0. The van der Waals surface area contributed by atoms with Gasteiger partial charge in [0.1, 0.15) is 22.4 Å². The molecule has 0 atom stereocenters. The molecule has 0 fully saturated rings. The molecule has 0 bridgehead atoms. The molecule has 0 aliphatic carbocycles. The van der Waals surface area contributed by atoms with E-state index in [-0.39, 0.29) is 21.9 Å². The van der Waals surface area contributed by atoms with Crippen LogP contribution in [-0.2, 0) is 0 Å². The lowest BCUT2D eigenvalue weighted by Crippen LogP contribution is -2.02. The summed E-state index contributed by atoms with van der Waals surface area (Å²) < 4.78 is 0. The number of benzene rings is 3. The van der Waals surface area contributed by atoms with Gasteiger partial charge in [-0.1, -0.05) is 24.3 Å². The average Bonchev–Trinajstić information content (AvgIpc) is 2.57. The van der Waals surface area contributed by atoms with Crippen LogP contribution >= 0.6 is 0 Å². The second-order valence-corrected chi connectivity index (χ2v) is 4.80. The Morgan fingerprint density at radius 1 is 1.04 bits per heavy atom. The molecule has 3 aromatic carbocycles. The number of nitro groups is 1. The lowest BCUT2D eigenvalue weighted by molar-refractivity contribution is -0.383. The van der Waals surface area contributed by atoms with E-state index in [1.165, 1.54) is 12.1 Å². The summed E-state index contributed by atoms with van der Waals surface area (Å²) in [5.41, 5.74) is 5.64. The number of nitrogens with zero attached hydrogens (tertiary/aromatic N) is 2. The normalized spacial score (nSPS) is 10.8. The number of nitro benzene ring substituents is 1. The van der Waals surface area contributed by atoms with Crippen molar-refractivity contribution >= 4 is 33.1 Å². The van der Waals surface area contributed by atoms with Gasteiger partial charge < -0.3 is 10.2 Å². The summed E-state index contributed by atoms with van der Waals surface area (Å²) in [6.45, 7) is 0. The molecule has 114 valence electrons. The molecule has 3 aromatic rings. The maximum atomic E-state index is 11.6. The number of phenols is 2. The van der Waals surface area contributed by atoms with Gasteiger partial charge >= 0.3 is 5.91 Å². The van der Waals surface area contributed by atoms with Crippen molar-refractivity contribution in [3.8, 4) is 11.5 Å². The molecule has 0 heterocycles. The summed E-state index contributed by atoms with van der Waals surface area (Å²) in [5, 5.41) is 35.2. The Bertz CT molecular complexity index is 1010. The highest BCUT2D eigenvalue weighted by Gasteiger charge is 2.28. The highest BCUT2D eigenvalue weighted by atomic mass is 16.6. The van der Waals surface area contributed by atoms with Crippen molar-refractivity contribution in [2.75, 3.05) is 0 Å². The van der Waals surface area contributed by atoms with Crippen LogP contribution in [0.3, 0.4) is 0 Å². The summed E-state index contributed by atoms with van der Waals surface area (Å²) in [4.78, 5) is 22.2. The molecule has 0 aromatic heterocycles. The van der Waals surface area contributed by atoms with Gasteiger partial charge in [-0.05, 0) is 12.1 Å². The number of aromatic hydroxyl groups is 2. The molecule has 23 heavy (non-hydrogen) atoms. The van der Waals surface area contributed by atoms with Crippen molar-refractivity contribution in [2.45, 2.75) is 0 Å². The van der Waals surface area contributed by atoms with Crippen molar-refractivity contribution in [2.24, 2.45) is 5.11 Å². The summed E-state index contributed by atoms with van der Waals surface area (Å²) in [6, 6.07) is 8.70. The Morgan fingerprint density at radius 2 is 1.65 bits per heavy atom. The standard InChI is InChI=1S/C15H9N3O5/c16-17-15(21)10-6-5-9-11(12(10)18(22)23)14(20)8-4-2-1-3-7(8)13(9)19/h1-6,16,19-20H. The van der Waals surface area contributed by atoms with Crippen LogP contribution in [0.2, 0.25) is 0 Å². The van der Waals surface area contributed by atoms with E-state index in [0.717, 1.165) is 6.07 Å². The summed E-state index contributed by atoms with van der Waals surface area (Å²) in [5.74, 6) is -1.76. The third-order valence-electron chi connectivity index (χ3n) is 3.62. The Kier molecular flexibility index (Phi) is 3.14. The van der Waals surface area contributed by atoms with E-state index in [2.05, 4.69) is 5.11 Å². The van der Waals surface area contributed by atoms with Crippen molar-refractivity contribution in [1.82, 2.24) is 0 Å². The Morgan fingerprint density at radius 3 is 2.22 bits per heavy atom. The molecule has 1 amide bonds. The maximum absolute atomic E-state index is 11.6. The van der Waals surface area contributed by atoms with E-state index in [1.54, 1.807) is 18.2 Å². The minimum absolute atomic E-state index is 0.0365. The fourth-order valence-corrected chi connectivity index (χ4v) is 2.63. The Labute approximate surface area is 128 Å². The first-order chi connectivity index (χ1) is 11.0. The zero-order valence-electron chi connectivity index (χ0n) is 11.5. The number of hydrogen-bond acceptors (Lipinski definition) is 6. The van der Waals surface area contributed by atoms with E-state index in [1.807, 2.05) is 0 Å². The van der Waals surface area contributed by atoms with E-state index in [4.69, 9.17) is 5.53 Å². The fourth-order valence-electron chi connectivity index (χ4n) is 2.63. The zero-order valence-corrected chi connectivity index (χ0v) is 11.5. The van der Waals surface area contributed by atoms with Gasteiger partial charge in [-0.25, -0.2) is 5.53 Å². The van der Waals surface area contributed by atoms with Crippen LogP contribution in [0.25, 0.3) is 21.5 Å². The Hall–Kier alpha value is -3.55. The first-order valence-corrected chi connectivity index (χ1v) is 6.43. The number of carbonyl (C=O) groups is 1. The third kappa shape index (κ3) is 1.96. The molecule has 0 unspecified atom stereocenters. The van der Waals surface area contributed by atoms with Crippen molar-refractivity contribution in [1.29, 1.82) is 5.53 Å². The fraction of sp³-hybridized carbons (Fsp3) is 0. The molecule has 8 heteroatoms. The monoisotopic (exact) mass is 311 g/mol. The van der Waals surface area contributed by atoms with Crippen LogP contribution in [0.5, 0.6) is 11.5 Å². The number of phenolic OH excluding ortho intramolecular Hbond substituents is 2. The van der Waals surface area contributed by atoms with Gasteiger partial charge in [0.25, 0.3) is 5.69 Å². The van der Waals surface area contributed by atoms with E-state index >= 15 is 0 Å². The van der Waals surface area contributed by atoms with Crippen LogP contribution in [-0.4, -0.2) is 21.0 Å². The molecular weight excluding hydrogens is 302 g/mol. The minimum atomic E-state index is -1.11. The molecule has 8 nitrogen and oxygen atoms in total. The van der Waals surface area contributed by atoms with Gasteiger partial charge in [-0.2, -0.15) is 0 Å². The maximum Gasteiger partial charge on any atom is 0.301 e. The lowest BCUT2D eigenvalue weighted by atomic mass is 9.97. The molecule has 0 aliphatic heterocycles. The van der Waals surface area contributed by atoms with E-state index in [0.29, 0.717) is 5.39 Å². The zero-order chi connectivity index (χ0) is 16.7. The quantitative estimate of drug-likeness (QED) is 0.219. The van der Waals surface area contributed by atoms with Crippen molar-refractivity contribution in [3.05, 3.63) is 52.1 Å². The molecule has 0 saturated heterocycles. The summed E-state index contributed by atoms with van der Waals surface area (Å²) in [7, 11) is 0. The highest BCUT2D eigenvalue weighted by Crippen LogP contribution is 2.46. The number of hydrogen-bond donors (Lipinski definition) is 3. The molecule has 0 spiro atoms. The van der Waals surface area contributed by atoms with Crippen LogP contribution in [0.15, 0.2) is 41.5 Å². The second-order valence-electron chi connectivity index (χ2n) is 4.80. The molecule has 3 rings (SSSR count). The van der Waals surface area contributed by atoms with Gasteiger partial charge in [0.15, 0.2) is 0 Å². The van der Waals surface area contributed by atoms with Crippen LogP contribution in [0.1, 0.15) is 10.4 Å². The highest BCUT2D eigenvalue weighted by molar-refractivity contribution is 6.16. The molecular formula is C15H9N3O5. The van der Waals surface area contributed by atoms with Crippen molar-refractivity contribution in [3.63, 3.8) is 0 Å². The number of amides is 1. The molecule has 0 radical (unpaired) electrons.